The molecule has 0 bridgehead atoms. The Kier molecular flexibility index (Phi) is 4.59. The summed E-state index contributed by atoms with van der Waals surface area (Å²) in [6.07, 6.45) is 9.85. The molecule has 0 aromatic heterocycles. The molecule has 21 heavy (non-hydrogen) atoms. The molecule has 1 unspecified atom stereocenters. The largest absolute Gasteiger partial charge is 0.315 e. The molecule has 2 aliphatic rings. The molecule has 3 nitrogen and oxygen atoms in total. The lowest BCUT2D eigenvalue weighted by Crippen LogP contribution is -2.41. The predicted octanol–water partition coefficient (Wildman–Crippen LogP) is 3.80. The number of carbonyl (C=O) groups excluding carboxylic acids is 1. The minimum atomic E-state index is 0.189. The fourth-order valence-corrected chi connectivity index (χ4v) is 3.70. The Hall–Kier alpha value is -1.35. The first-order valence-electron chi connectivity index (χ1n) is 8.37. The van der Waals surface area contributed by atoms with E-state index in [9.17, 15) is 4.79 Å². The molecule has 1 aliphatic carbocycles. The second-order valence-electron chi connectivity index (χ2n) is 6.48. The van der Waals surface area contributed by atoms with E-state index in [0.29, 0.717) is 12.5 Å². The number of anilines is 1. The third-order valence-electron chi connectivity index (χ3n) is 4.97. The SMILES string of the molecule is CN1C(=O)CC(NC2CCCCCCC2)c2ccccc21. The van der Waals surface area contributed by atoms with Gasteiger partial charge in [0.1, 0.15) is 0 Å². The number of rotatable bonds is 2. The van der Waals surface area contributed by atoms with Crippen LogP contribution in [0.3, 0.4) is 0 Å². The predicted molar refractivity (Wildman–Crippen MR) is 86.5 cm³/mol. The van der Waals surface area contributed by atoms with Crippen molar-refractivity contribution < 1.29 is 4.79 Å². The normalized spacial score (nSPS) is 24.3. The number of hydrogen-bond acceptors (Lipinski definition) is 2. The van der Waals surface area contributed by atoms with Crippen LogP contribution >= 0.6 is 0 Å². The van der Waals surface area contributed by atoms with Crippen LogP contribution in [0.15, 0.2) is 24.3 Å². The van der Waals surface area contributed by atoms with Gasteiger partial charge in [-0.2, -0.15) is 0 Å². The smallest absolute Gasteiger partial charge is 0.228 e. The molecule has 1 heterocycles. The van der Waals surface area contributed by atoms with Gasteiger partial charge in [0.05, 0.1) is 0 Å². The van der Waals surface area contributed by atoms with Crippen LogP contribution in [0.25, 0.3) is 0 Å². The molecule has 1 atom stereocenters. The van der Waals surface area contributed by atoms with E-state index in [2.05, 4.69) is 23.5 Å². The number of nitrogens with one attached hydrogen (secondary N) is 1. The molecular formula is C18H26N2O. The van der Waals surface area contributed by atoms with Crippen molar-refractivity contribution in [2.75, 3.05) is 11.9 Å². The molecular weight excluding hydrogens is 260 g/mol. The van der Waals surface area contributed by atoms with Crippen LogP contribution < -0.4 is 10.2 Å². The fourth-order valence-electron chi connectivity index (χ4n) is 3.70. The Morgan fingerprint density at radius 1 is 1.05 bits per heavy atom. The van der Waals surface area contributed by atoms with Gasteiger partial charge in [0.25, 0.3) is 0 Å². The summed E-state index contributed by atoms with van der Waals surface area (Å²) in [7, 11) is 1.88. The van der Waals surface area contributed by atoms with Crippen LogP contribution in [0.4, 0.5) is 5.69 Å². The third kappa shape index (κ3) is 3.29. The van der Waals surface area contributed by atoms with Crippen molar-refractivity contribution in [3.8, 4) is 0 Å². The Balaban J connectivity index is 1.75. The van der Waals surface area contributed by atoms with Crippen LogP contribution in [-0.2, 0) is 4.79 Å². The number of benzene rings is 1. The van der Waals surface area contributed by atoms with Gasteiger partial charge < -0.3 is 10.2 Å². The maximum atomic E-state index is 12.2. The summed E-state index contributed by atoms with van der Waals surface area (Å²) >= 11 is 0. The Labute approximate surface area is 127 Å². The fraction of sp³-hybridized carbons (Fsp3) is 0.611. The first kappa shape index (κ1) is 14.6. The van der Waals surface area contributed by atoms with E-state index >= 15 is 0 Å². The monoisotopic (exact) mass is 286 g/mol. The van der Waals surface area contributed by atoms with Gasteiger partial charge in [-0.15, -0.1) is 0 Å². The standard InChI is InChI=1S/C18H26N2O/c1-20-17-12-8-7-11-15(17)16(13-18(20)21)19-14-9-5-3-2-4-6-10-14/h7-8,11-12,14,16,19H,2-6,9-10,13H2,1H3. The number of fused-ring (bicyclic) bond motifs is 1. The molecule has 1 aromatic rings. The van der Waals surface area contributed by atoms with Crippen molar-refractivity contribution >= 4 is 11.6 Å². The van der Waals surface area contributed by atoms with Crippen molar-refractivity contribution in [1.82, 2.24) is 5.32 Å². The molecule has 0 radical (unpaired) electrons. The first-order valence-corrected chi connectivity index (χ1v) is 8.37. The summed E-state index contributed by atoms with van der Waals surface area (Å²) in [6, 6.07) is 9.07. The number of carbonyl (C=O) groups is 1. The molecule has 1 aliphatic heterocycles. The molecule has 1 fully saturated rings. The molecule has 3 heteroatoms. The molecule has 0 spiro atoms. The van der Waals surface area contributed by atoms with E-state index in [-0.39, 0.29) is 11.9 Å². The van der Waals surface area contributed by atoms with Crippen LogP contribution in [0.1, 0.15) is 63.0 Å². The zero-order valence-corrected chi connectivity index (χ0v) is 13.0. The zero-order valence-electron chi connectivity index (χ0n) is 13.0. The Bertz CT molecular complexity index is 492. The summed E-state index contributed by atoms with van der Waals surface area (Å²) in [4.78, 5) is 14.0. The minimum absolute atomic E-state index is 0.189. The minimum Gasteiger partial charge on any atom is -0.315 e. The van der Waals surface area contributed by atoms with Crippen LogP contribution in [-0.4, -0.2) is 19.0 Å². The lowest BCUT2D eigenvalue weighted by atomic mass is 9.92. The van der Waals surface area contributed by atoms with Gasteiger partial charge in [-0.05, 0) is 24.5 Å². The molecule has 1 saturated carbocycles. The van der Waals surface area contributed by atoms with Crippen molar-refractivity contribution in [3.05, 3.63) is 29.8 Å². The van der Waals surface area contributed by atoms with Gasteiger partial charge >= 0.3 is 0 Å². The summed E-state index contributed by atoms with van der Waals surface area (Å²) in [6.45, 7) is 0. The second-order valence-corrected chi connectivity index (χ2v) is 6.48. The number of amides is 1. The topological polar surface area (TPSA) is 32.3 Å². The van der Waals surface area contributed by atoms with Gasteiger partial charge in [0.15, 0.2) is 0 Å². The van der Waals surface area contributed by atoms with E-state index < -0.39 is 0 Å². The van der Waals surface area contributed by atoms with Crippen LogP contribution in [0, 0.1) is 0 Å². The highest BCUT2D eigenvalue weighted by molar-refractivity contribution is 5.96. The lowest BCUT2D eigenvalue weighted by molar-refractivity contribution is -0.119. The maximum absolute atomic E-state index is 12.2. The van der Waals surface area contributed by atoms with Crippen molar-refractivity contribution in [2.24, 2.45) is 0 Å². The highest BCUT2D eigenvalue weighted by Gasteiger charge is 2.30. The van der Waals surface area contributed by atoms with Gasteiger partial charge in [-0.3, -0.25) is 4.79 Å². The Morgan fingerprint density at radius 2 is 1.71 bits per heavy atom. The van der Waals surface area contributed by atoms with Crippen molar-refractivity contribution in [2.45, 2.75) is 63.5 Å². The molecule has 3 rings (SSSR count). The van der Waals surface area contributed by atoms with Gasteiger partial charge in [-0.1, -0.05) is 50.3 Å². The summed E-state index contributed by atoms with van der Waals surface area (Å²) in [5.74, 6) is 0.219. The van der Waals surface area contributed by atoms with E-state index in [0.717, 1.165) is 5.69 Å². The number of para-hydroxylation sites is 1. The average molecular weight is 286 g/mol. The van der Waals surface area contributed by atoms with E-state index in [1.54, 1.807) is 4.90 Å². The summed E-state index contributed by atoms with van der Waals surface area (Å²) in [5, 5.41) is 3.79. The summed E-state index contributed by atoms with van der Waals surface area (Å²) < 4.78 is 0. The average Bonchev–Trinajstić information content (AvgIpc) is 2.47. The lowest BCUT2D eigenvalue weighted by Gasteiger charge is -2.35. The van der Waals surface area contributed by atoms with Gasteiger partial charge in [-0.25, -0.2) is 0 Å². The van der Waals surface area contributed by atoms with Crippen LogP contribution in [0.5, 0.6) is 0 Å². The van der Waals surface area contributed by atoms with Crippen molar-refractivity contribution in [1.29, 1.82) is 0 Å². The van der Waals surface area contributed by atoms with Crippen molar-refractivity contribution in [3.63, 3.8) is 0 Å². The maximum Gasteiger partial charge on any atom is 0.228 e. The summed E-state index contributed by atoms with van der Waals surface area (Å²) in [5.41, 5.74) is 2.35. The van der Waals surface area contributed by atoms with E-state index in [1.807, 2.05) is 13.1 Å². The molecule has 0 saturated heterocycles. The molecule has 1 amide bonds. The second kappa shape index (κ2) is 6.61. The molecule has 1 N–H and O–H groups in total. The number of nitrogens with zero attached hydrogens (tertiary/aromatic N) is 1. The van der Waals surface area contributed by atoms with E-state index in [4.69, 9.17) is 0 Å². The molecule has 114 valence electrons. The zero-order chi connectivity index (χ0) is 14.7. The molecule has 1 aromatic carbocycles. The van der Waals surface area contributed by atoms with Crippen LogP contribution in [0.2, 0.25) is 0 Å². The number of hydrogen-bond donors (Lipinski definition) is 1. The van der Waals surface area contributed by atoms with Gasteiger partial charge in [0, 0.05) is 31.2 Å². The van der Waals surface area contributed by atoms with E-state index in [1.165, 1.54) is 50.5 Å². The first-order chi connectivity index (χ1) is 10.3. The van der Waals surface area contributed by atoms with Gasteiger partial charge in [0.2, 0.25) is 5.91 Å². The quantitative estimate of drug-likeness (QED) is 0.897. The Morgan fingerprint density at radius 3 is 2.48 bits per heavy atom. The highest BCUT2D eigenvalue weighted by atomic mass is 16.2. The third-order valence-corrected chi connectivity index (χ3v) is 4.97. The highest BCUT2D eigenvalue weighted by Crippen LogP contribution is 2.34.